The van der Waals surface area contributed by atoms with Gasteiger partial charge in [0, 0.05) is 49.7 Å². The number of pyridine rings is 1. The zero-order valence-electron chi connectivity index (χ0n) is 22.3. The van der Waals surface area contributed by atoms with Crippen LogP contribution in [-0.2, 0) is 0 Å². The summed E-state index contributed by atoms with van der Waals surface area (Å²) in [5, 5.41) is 4.21. The van der Waals surface area contributed by atoms with E-state index < -0.39 is 0 Å². The van der Waals surface area contributed by atoms with Crippen molar-refractivity contribution in [3.05, 3.63) is 35.4 Å². The van der Waals surface area contributed by atoms with E-state index in [2.05, 4.69) is 45.0 Å². The van der Waals surface area contributed by atoms with Gasteiger partial charge in [-0.05, 0) is 109 Å². The van der Waals surface area contributed by atoms with Crippen molar-refractivity contribution < 1.29 is 4.79 Å². The Bertz CT molecular complexity index is 1020. The molecule has 0 atom stereocenters. The van der Waals surface area contributed by atoms with Crippen LogP contribution in [0.4, 0.5) is 5.82 Å². The van der Waals surface area contributed by atoms with Gasteiger partial charge in [0.25, 0.3) is 5.91 Å². The second-order valence-electron chi connectivity index (χ2n) is 11.1. The van der Waals surface area contributed by atoms with Crippen LogP contribution in [0.3, 0.4) is 0 Å². The third-order valence-electron chi connectivity index (χ3n) is 8.49. The molecule has 36 heavy (non-hydrogen) atoms. The van der Waals surface area contributed by atoms with Crippen molar-refractivity contribution in [1.82, 2.24) is 25.0 Å². The van der Waals surface area contributed by atoms with E-state index in [-0.39, 0.29) is 5.91 Å². The van der Waals surface area contributed by atoms with Crippen molar-refractivity contribution in [2.45, 2.75) is 51.5 Å². The van der Waals surface area contributed by atoms with E-state index in [1.165, 1.54) is 63.8 Å². The molecule has 4 heterocycles. The molecule has 0 radical (unpaired) electrons. The maximum Gasteiger partial charge on any atom is 0.251 e. The molecule has 7 nitrogen and oxygen atoms in total. The fourth-order valence-corrected chi connectivity index (χ4v) is 6.11. The van der Waals surface area contributed by atoms with E-state index in [0.29, 0.717) is 0 Å². The summed E-state index contributed by atoms with van der Waals surface area (Å²) >= 11 is 0. The molecule has 0 spiro atoms. The van der Waals surface area contributed by atoms with Gasteiger partial charge in [0.05, 0.1) is 5.52 Å². The minimum absolute atomic E-state index is 0.0169. The van der Waals surface area contributed by atoms with Crippen LogP contribution >= 0.6 is 0 Å². The number of nitrogens with one attached hydrogen (secondary N) is 1. The number of anilines is 1. The summed E-state index contributed by atoms with van der Waals surface area (Å²) in [5.41, 5.74) is 2.87. The molecule has 1 amide bonds. The zero-order chi connectivity index (χ0) is 24.9. The predicted octanol–water partition coefficient (Wildman–Crippen LogP) is 3.37. The average molecular weight is 493 g/mol. The van der Waals surface area contributed by atoms with E-state index >= 15 is 0 Å². The minimum atomic E-state index is 0.0169. The fraction of sp³-hybridized carbons (Fsp3) is 0.655. The lowest BCUT2D eigenvalue weighted by Crippen LogP contribution is -2.47. The first kappa shape index (κ1) is 25.4. The number of carbonyl (C=O) groups is 1. The number of carbonyl (C=O) groups excluding carboxylic acids is 1. The van der Waals surface area contributed by atoms with Crippen LogP contribution in [0.25, 0.3) is 10.9 Å². The summed E-state index contributed by atoms with van der Waals surface area (Å²) in [4.78, 5) is 27.8. The van der Waals surface area contributed by atoms with Gasteiger partial charge in [0.1, 0.15) is 5.82 Å². The predicted molar refractivity (Wildman–Crippen MR) is 148 cm³/mol. The van der Waals surface area contributed by atoms with Crippen LogP contribution in [0, 0.1) is 6.92 Å². The van der Waals surface area contributed by atoms with Gasteiger partial charge >= 0.3 is 0 Å². The van der Waals surface area contributed by atoms with Gasteiger partial charge < -0.3 is 24.9 Å². The highest BCUT2D eigenvalue weighted by Gasteiger charge is 2.25. The largest absolute Gasteiger partial charge is 0.354 e. The zero-order valence-corrected chi connectivity index (χ0v) is 22.3. The lowest BCUT2D eigenvalue weighted by Gasteiger charge is -2.40. The Morgan fingerprint density at radius 3 is 2.47 bits per heavy atom. The van der Waals surface area contributed by atoms with Crippen LogP contribution < -0.4 is 10.2 Å². The van der Waals surface area contributed by atoms with E-state index in [1.807, 2.05) is 18.2 Å². The first-order valence-corrected chi connectivity index (χ1v) is 14.2. The Hall–Kier alpha value is -2.22. The van der Waals surface area contributed by atoms with Crippen molar-refractivity contribution in [3.8, 4) is 0 Å². The second-order valence-corrected chi connectivity index (χ2v) is 11.1. The molecule has 3 saturated heterocycles. The number of hydrogen-bond acceptors (Lipinski definition) is 6. The van der Waals surface area contributed by atoms with Crippen LogP contribution in [0.2, 0.25) is 0 Å². The number of likely N-dealkylation sites (N-methyl/N-ethyl adjacent to an activating group) is 1. The highest BCUT2D eigenvalue weighted by Crippen LogP contribution is 2.25. The molecule has 0 saturated carbocycles. The second kappa shape index (κ2) is 11.9. The quantitative estimate of drug-likeness (QED) is 0.598. The van der Waals surface area contributed by atoms with Crippen molar-refractivity contribution in [2.24, 2.45) is 0 Å². The van der Waals surface area contributed by atoms with E-state index in [9.17, 15) is 4.79 Å². The molecule has 196 valence electrons. The van der Waals surface area contributed by atoms with Gasteiger partial charge in [0.15, 0.2) is 0 Å². The summed E-state index contributed by atoms with van der Waals surface area (Å²) in [6.45, 7) is 13.1. The monoisotopic (exact) mass is 492 g/mol. The summed E-state index contributed by atoms with van der Waals surface area (Å²) in [5.74, 6) is 1.06. The molecule has 3 aliphatic heterocycles. The summed E-state index contributed by atoms with van der Waals surface area (Å²) in [6.07, 6.45) is 7.77. The summed E-state index contributed by atoms with van der Waals surface area (Å²) in [6, 6.07) is 8.90. The number of hydrogen-bond donors (Lipinski definition) is 1. The first-order valence-electron chi connectivity index (χ1n) is 14.2. The van der Waals surface area contributed by atoms with Crippen molar-refractivity contribution in [2.75, 3.05) is 77.4 Å². The lowest BCUT2D eigenvalue weighted by molar-refractivity contribution is 0.0903. The molecular weight excluding hydrogens is 448 g/mol. The number of piperazine rings is 1. The Labute approximate surface area is 216 Å². The maximum atomic E-state index is 12.9. The molecular formula is C29H44N6O. The Balaban J connectivity index is 1.08. The molecule has 7 heteroatoms. The number of amides is 1. The van der Waals surface area contributed by atoms with Crippen molar-refractivity contribution >= 4 is 22.6 Å². The third-order valence-corrected chi connectivity index (χ3v) is 8.49. The van der Waals surface area contributed by atoms with Gasteiger partial charge in [-0.1, -0.05) is 6.42 Å². The summed E-state index contributed by atoms with van der Waals surface area (Å²) < 4.78 is 0. The normalized spacial score (nSPS) is 21.2. The molecule has 0 bridgehead atoms. The molecule has 0 unspecified atom stereocenters. The van der Waals surface area contributed by atoms with Crippen LogP contribution in [0.5, 0.6) is 0 Å². The van der Waals surface area contributed by atoms with E-state index in [4.69, 9.17) is 4.98 Å². The van der Waals surface area contributed by atoms with Gasteiger partial charge in [-0.25, -0.2) is 4.98 Å². The number of nitrogens with zero attached hydrogens (tertiary/aromatic N) is 5. The Kier molecular flexibility index (Phi) is 8.40. The smallest absolute Gasteiger partial charge is 0.251 e. The van der Waals surface area contributed by atoms with Crippen molar-refractivity contribution in [1.29, 1.82) is 0 Å². The van der Waals surface area contributed by atoms with Crippen molar-refractivity contribution in [3.63, 3.8) is 0 Å². The number of aromatic nitrogens is 1. The van der Waals surface area contributed by atoms with Gasteiger partial charge in [-0.3, -0.25) is 4.79 Å². The molecule has 5 rings (SSSR count). The SMILES string of the molecule is Cc1cc(N2CCN(C)CC2)nc2ccc(C(=O)NCCCN3CCC(N4CCCCC4)CC3)cc12. The van der Waals surface area contributed by atoms with Gasteiger partial charge in [0.2, 0.25) is 0 Å². The number of rotatable bonds is 7. The first-order chi connectivity index (χ1) is 17.6. The molecule has 0 aliphatic carbocycles. The molecule has 3 fully saturated rings. The molecule has 3 aliphatic rings. The highest BCUT2D eigenvalue weighted by molar-refractivity contribution is 5.98. The number of piperidine rings is 2. The summed E-state index contributed by atoms with van der Waals surface area (Å²) in [7, 11) is 2.17. The van der Waals surface area contributed by atoms with E-state index in [0.717, 1.165) is 74.0 Å². The highest BCUT2D eigenvalue weighted by atomic mass is 16.1. The molecule has 2 aromatic rings. The van der Waals surface area contributed by atoms with Gasteiger partial charge in [-0.2, -0.15) is 0 Å². The van der Waals surface area contributed by atoms with Crippen LogP contribution in [0.1, 0.15) is 54.4 Å². The topological polar surface area (TPSA) is 55.0 Å². The Morgan fingerprint density at radius 2 is 1.72 bits per heavy atom. The van der Waals surface area contributed by atoms with Crippen LogP contribution in [-0.4, -0.2) is 104 Å². The average Bonchev–Trinajstić information content (AvgIpc) is 2.92. The minimum Gasteiger partial charge on any atom is -0.354 e. The van der Waals surface area contributed by atoms with Gasteiger partial charge in [-0.15, -0.1) is 0 Å². The van der Waals surface area contributed by atoms with E-state index in [1.54, 1.807) is 0 Å². The number of fused-ring (bicyclic) bond motifs is 1. The Morgan fingerprint density at radius 1 is 0.972 bits per heavy atom. The maximum absolute atomic E-state index is 12.9. The standard InChI is InChI=1S/C29H44N6O/c1-23-21-28(35-19-17-32(2)18-20-35)31-27-8-7-24(22-26(23)27)29(36)30-11-6-12-33-15-9-25(10-16-33)34-13-4-3-5-14-34/h7-8,21-22,25H,3-6,9-20H2,1-2H3,(H,30,36). The number of aryl methyl sites for hydroxylation is 1. The molecule has 1 N–H and O–H groups in total. The number of benzene rings is 1. The number of likely N-dealkylation sites (tertiary alicyclic amines) is 2. The van der Waals surface area contributed by atoms with Crippen LogP contribution in [0.15, 0.2) is 24.3 Å². The molecule has 1 aromatic carbocycles. The lowest BCUT2D eigenvalue weighted by atomic mass is 10.00. The molecule has 1 aromatic heterocycles. The third kappa shape index (κ3) is 6.18. The fourth-order valence-electron chi connectivity index (χ4n) is 6.11.